The number of nitrogens with one attached hydrogen (secondary N) is 1. The van der Waals surface area contributed by atoms with Gasteiger partial charge in [-0.2, -0.15) is 0 Å². The van der Waals surface area contributed by atoms with E-state index < -0.39 is 0 Å². The van der Waals surface area contributed by atoms with Crippen LogP contribution in [0.3, 0.4) is 0 Å². The summed E-state index contributed by atoms with van der Waals surface area (Å²) in [5.74, 6) is 0.451. The fraction of sp³-hybridized carbons (Fsp3) is 0. The van der Waals surface area contributed by atoms with Gasteiger partial charge in [0.15, 0.2) is 0 Å². The molecular weight excluding hydrogens is 235 g/mol. The van der Waals surface area contributed by atoms with Gasteiger partial charge in [0.25, 0.3) is 5.56 Å². The Kier molecular flexibility index (Phi) is 2.75. The number of hydrogen-bond donors (Lipinski definition) is 1. The van der Waals surface area contributed by atoms with E-state index in [0.29, 0.717) is 21.4 Å². The molecule has 0 amide bonds. The Morgan fingerprint density at radius 1 is 1.13 bits per heavy atom. The topological polar surface area (TPSA) is 45.8 Å². The van der Waals surface area contributed by atoms with E-state index in [4.69, 9.17) is 23.2 Å². The molecule has 5 heteroatoms. The number of aromatic amines is 1. The van der Waals surface area contributed by atoms with E-state index in [2.05, 4.69) is 9.97 Å². The van der Waals surface area contributed by atoms with Crippen LogP contribution in [0.15, 0.2) is 35.3 Å². The maximum absolute atomic E-state index is 11.1. The molecule has 2 aromatic rings. The Labute approximate surface area is 95.7 Å². The lowest BCUT2D eigenvalue weighted by Crippen LogP contribution is -2.05. The maximum atomic E-state index is 11.1. The van der Waals surface area contributed by atoms with Crippen LogP contribution in [0.4, 0.5) is 0 Å². The van der Waals surface area contributed by atoms with E-state index in [1.807, 2.05) is 0 Å². The van der Waals surface area contributed by atoms with Crippen molar-refractivity contribution in [1.29, 1.82) is 0 Å². The van der Waals surface area contributed by atoms with E-state index in [1.54, 1.807) is 18.2 Å². The van der Waals surface area contributed by atoms with Crippen LogP contribution in [-0.2, 0) is 0 Å². The highest BCUT2D eigenvalue weighted by Crippen LogP contribution is 2.24. The van der Waals surface area contributed by atoms with Crippen LogP contribution >= 0.6 is 23.2 Å². The quantitative estimate of drug-likeness (QED) is 0.834. The molecular formula is C10H6Cl2N2O. The number of halogens is 2. The van der Waals surface area contributed by atoms with Crippen molar-refractivity contribution in [2.24, 2.45) is 0 Å². The average Bonchev–Trinajstić information content (AvgIpc) is 2.16. The zero-order valence-corrected chi connectivity index (χ0v) is 9.01. The molecule has 15 heavy (non-hydrogen) atoms. The molecule has 0 aliphatic carbocycles. The van der Waals surface area contributed by atoms with Crippen molar-refractivity contribution in [3.8, 4) is 11.4 Å². The van der Waals surface area contributed by atoms with Gasteiger partial charge in [0.1, 0.15) is 5.82 Å². The molecule has 0 bridgehead atoms. The molecule has 1 aromatic carbocycles. The van der Waals surface area contributed by atoms with Crippen molar-refractivity contribution in [2.75, 3.05) is 0 Å². The summed E-state index contributed by atoms with van der Waals surface area (Å²) in [6.45, 7) is 0. The highest BCUT2D eigenvalue weighted by Gasteiger charge is 2.02. The van der Waals surface area contributed by atoms with E-state index in [-0.39, 0.29) is 5.56 Å². The fourth-order valence-corrected chi connectivity index (χ4v) is 1.73. The van der Waals surface area contributed by atoms with Crippen LogP contribution in [0.5, 0.6) is 0 Å². The minimum absolute atomic E-state index is 0.212. The molecule has 0 unspecified atom stereocenters. The van der Waals surface area contributed by atoms with Crippen molar-refractivity contribution >= 4 is 23.2 Å². The first-order chi connectivity index (χ1) is 7.15. The Morgan fingerprint density at radius 2 is 1.80 bits per heavy atom. The summed E-state index contributed by atoms with van der Waals surface area (Å²) in [4.78, 5) is 17.7. The van der Waals surface area contributed by atoms with E-state index in [1.165, 1.54) is 12.3 Å². The first-order valence-corrected chi connectivity index (χ1v) is 4.92. The van der Waals surface area contributed by atoms with Gasteiger partial charge in [-0.25, -0.2) is 4.98 Å². The molecule has 0 atom stereocenters. The van der Waals surface area contributed by atoms with Crippen LogP contribution in [-0.4, -0.2) is 9.97 Å². The van der Waals surface area contributed by atoms with Gasteiger partial charge in [0, 0.05) is 27.9 Å². The van der Waals surface area contributed by atoms with Crippen molar-refractivity contribution < 1.29 is 0 Å². The Bertz CT molecular complexity index is 531. The van der Waals surface area contributed by atoms with E-state index in [0.717, 1.165) is 0 Å². The van der Waals surface area contributed by atoms with Crippen molar-refractivity contribution in [3.05, 3.63) is 50.9 Å². The first-order valence-electron chi connectivity index (χ1n) is 4.17. The molecule has 0 aliphatic rings. The van der Waals surface area contributed by atoms with Gasteiger partial charge < -0.3 is 4.98 Å². The molecule has 0 saturated heterocycles. The summed E-state index contributed by atoms with van der Waals surface area (Å²) in [7, 11) is 0. The molecule has 0 fully saturated rings. The fourth-order valence-electron chi connectivity index (χ4n) is 1.21. The van der Waals surface area contributed by atoms with Crippen molar-refractivity contribution in [1.82, 2.24) is 9.97 Å². The molecule has 1 N–H and O–H groups in total. The minimum atomic E-state index is -0.212. The maximum Gasteiger partial charge on any atom is 0.251 e. The number of H-pyrrole nitrogens is 1. The third kappa shape index (κ3) is 2.37. The van der Waals surface area contributed by atoms with Gasteiger partial charge in [-0.1, -0.05) is 23.2 Å². The second kappa shape index (κ2) is 4.04. The van der Waals surface area contributed by atoms with Crippen molar-refractivity contribution in [3.63, 3.8) is 0 Å². The van der Waals surface area contributed by atoms with Gasteiger partial charge in [-0.05, 0) is 18.2 Å². The molecule has 2 rings (SSSR count). The first kappa shape index (κ1) is 10.2. The van der Waals surface area contributed by atoms with Crippen LogP contribution in [0.2, 0.25) is 10.0 Å². The lowest BCUT2D eigenvalue weighted by Gasteiger charge is -2.01. The number of rotatable bonds is 1. The number of aromatic nitrogens is 2. The molecule has 1 aromatic heterocycles. The second-order valence-corrected chi connectivity index (χ2v) is 3.81. The summed E-state index contributed by atoms with van der Waals surface area (Å²) < 4.78 is 0. The third-order valence-corrected chi connectivity index (χ3v) is 2.24. The lowest BCUT2D eigenvalue weighted by atomic mass is 10.2. The van der Waals surface area contributed by atoms with Gasteiger partial charge in [-0.15, -0.1) is 0 Å². The predicted molar refractivity (Wildman–Crippen MR) is 60.3 cm³/mol. The van der Waals surface area contributed by atoms with Crippen LogP contribution in [0.25, 0.3) is 11.4 Å². The third-order valence-electron chi connectivity index (χ3n) is 1.81. The standard InChI is InChI=1S/C10H6Cl2N2O/c11-7-3-6(4-8(12)5-7)10-13-2-1-9(15)14-10/h1-5H,(H,13,14,15). The average molecular weight is 241 g/mol. The summed E-state index contributed by atoms with van der Waals surface area (Å²) in [5.41, 5.74) is 0.473. The Morgan fingerprint density at radius 3 is 2.40 bits per heavy atom. The highest BCUT2D eigenvalue weighted by molar-refractivity contribution is 6.35. The van der Waals surface area contributed by atoms with Gasteiger partial charge >= 0.3 is 0 Å². The SMILES string of the molecule is O=c1ccnc(-c2cc(Cl)cc(Cl)c2)[nH]1. The van der Waals surface area contributed by atoms with E-state index >= 15 is 0 Å². The molecule has 76 valence electrons. The normalized spacial score (nSPS) is 10.3. The molecule has 0 saturated carbocycles. The summed E-state index contributed by atoms with van der Waals surface area (Å²) in [6, 6.07) is 6.33. The molecule has 0 radical (unpaired) electrons. The largest absolute Gasteiger partial charge is 0.307 e. The van der Waals surface area contributed by atoms with Crippen LogP contribution in [0, 0.1) is 0 Å². The van der Waals surface area contributed by atoms with Crippen LogP contribution in [0.1, 0.15) is 0 Å². The lowest BCUT2D eigenvalue weighted by molar-refractivity contribution is 1.13. The molecule has 0 aliphatic heterocycles. The zero-order valence-electron chi connectivity index (χ0n) is 7.50. The monoisotopic (exact) mass is 240 g/mol. The molecule has 3 nitrogen and oxygen atoms in total. The van der Waals surface area contributed by atoms with Gasteiger partial charge in [0.2, 0.25) is 0 Å². The van der Waals surface area contributed by atoms with E-state index in [9.17, 15) is 4.79 Å². The highest BCUT2D eigenvalue weighted by atomic mass is 35.5. The number of nitrogens with zero attached hydrogens (tertiary/aromatic N) is 1. The number of benzene rings is 1. The summed E-state index contributed by atoms with van der Waals surface area (Å²) in [6.07, 6.45) is 1.43. The number of hydrogen-bond acceptors (Lipinski definition) is 2. The van der Waals surface area contributed by atoms with Gasteiger partial charge in [0.05, 0.1) is 0 Å². The zero-order chi connectivity index (χ0) is 10.8. The molecule has 0 spiro atoms. The van der Waals surface area contributed by atoms with Crippen molar-refractivity contribution in [2.45, 2.75) is 0 Å². The predicted octanol–water partition coefficient (Wildman–Crippen LogP) is 2.74. The Balaban J connectivity index is 2.58. The summed E-state index contributed by atoms with van der Waals surface area (Å²) in [5, 5.41) is 1.01. The Hall–Kier alpha value is -1.32. The van der Waals surface area contributed by atoms with Gasteiger partial charge in [-0.3, -0.25) is 4.79 Å². The minimum Gasteiger partial charge on any atom is -0.307 e. The van der Waals surface area contributed by atoms with Crippen LogP contribution < -0.4 is 5.56 Å². The summed E-state index contributed by atoms with van der Waals surface area (Å²) >= 11 is 11.7. The second-order valence-electron chi connectivity index (χ2n) is 2.94. The molecule has 1 heterocycles. The smallest absolute Gasteiger partial charge is 0.251 e.